The lowest BCUT2D eigenvalue weighted by Crippen LogP contribution is -2.08. The molecule has 0 aliphatic heterocycles. The van der Waals surface area contributed by atoms with E-state index in [9.17, 15) is 4.79 Å². The van der Waals surface area contributed by atoms with Crippen LogP contribution < -0.4 is 0 Å². The second kappa shape index (κ2) is 7.17. The molecular formula is C14H19N3O2S2. The van der Waals surface area contributed by atoms with Gasteiger partial charge in [-0.25, -0.2) is 9.97 Å². The molecule has 2 aromatic heterocycles. The average molecular weight is 325 g/mol. The molecule has 5 nitrogen and oxygen atoms in total. The normalized spacial score (nSPS) is 12.7. The van der Waals surface area contributed by atoms with Crippen LogP contribution in [-0.4, -0.2) is 42.9 Å². The Kier molecular flexibility index (Phi) is 5.52. The lowest BCUT2D eigenvalue weighted by molar-refractivity contribution is -0.133. The number of carboxylic acids is 1. The largest absolute Gasteiger partial charge is 0.481 e. The molecule has 0 bridgehead atoms. The molecule has 2 heterocycles. The third-order valence-corrected chi connectivity index (χ3v) is 5.18. The summed E-state index contributed by atoms with van der Waals surface area (Å²) in [7, 11) is 0. The van der Waals surface area contributed by atoms with Crippen LogP contribution in [0.1, 0.15) is 19.0 Å². The Hall–Kier alpha value is -1.21. The van der Waals surface area contributed by atoms with Gasteiger partial charge < -0.3 is 9.67 Å². The van der Waals surface area contributed by atoms with E-state index in [1.165, 1.54) is 11.8 Å². The number of thioether (sulfide) groups is 2. The summed E-state index contributed by atoms with van der Waals surface area (Å²) in [4.78, 5) is 19.9. The van der Waals surface area contributed by atoms with Crippen molar-refractivity contribution in [3.05, 3.63) is 17.8 Å². The smallest absolute Gasteiger partial charge is 0.313 e. The van der Waals surface area contributed by atoms with Crippen molar-refractivity contribution in [2.45, 2.75) is 37.2 Å². The quantitative estimate of drug-likeness (QED) is 0.789. The Balaban J connectivity index is 2.33. The van der Waals surface area contributed by atoms with Gasteiger partial charge in [-0.1, -0.05) is 18.7 Å². The van der Waals surface area contributed by atoms with Gasteiger partial charge in [0.15, 0.2) is 10.8 Å². The molecular weight excluding hydrogens is 306 g/mol. The monoisotopic (exact) mass is 325 g/mol. The van der Waals surface area contributed by atoms with Gasteiger partial charge in [-0.2, -0.15) is 11.8 Å². The second-order valence-corrected chi connectivity index (χ2v) is 7.08. The van der Waals surface area contributed by atoms with Crippen molar-refractivity contribution >= 4 is 40.7 Å². The third-order valence-electron chi connectivity index (χ3n) is 3.18. The van der Waals surface area contributed by atoms with Gasteiger partial charge in [0.25, 0.3) is 0 Å². The maximum absolute atomic E-state index is 10.8. The minimum absolute atomic E-state index is 0.0143. The van der Waals surface area contributed by atoms with Gasteiger partial charge in [0.1, 0.15) is 5.52 Å². The van der Waals surface area contributed by atoms with Crippen LogP contribution in [0.2, 0.25) is 0 Å². The minimum atomic E-state index is -0.833. The van der Waals surface area contributed by atoms with Crippen LogP contribution in [0, 0.1) is 6.92 Å². The number of carboxylic acid groups (broad SMARTS) is 1. The lowest BCUT2D eigenvalue weighted by atomic mass is 10.3. The second-order valence-electron chi connectivity index (χ2n) is 4.86. The number of aliphatic carboxylic acids is 1. The van der Waals surface area contributed by atoms with E-state index in [4.69, 9.17) is 5.11 Å². The van der Waals surface area contributed by atoms with Gasteiger partial charge in [-0.05, 0) is 31.7 Å². The number of fused-ring (bicyclic) bond motifs is 1. The standard InChI is InChI=1S/C14H19N3O2S2/c1-9-4-5-11-13(15-9)17(7-6-10(2)20-3)14(16-11)21-8-12(18)19/h4-5,10H,6-8H2,1-3H3,(H,18,19). The first-order valence-electron chi connectivity index (χ1n) is 6.72. The molecule has 0 spiro atoms. The number of carbonyl (C=O) groups is 1. The molecule has 1 unspecified atom stereocenters. The van der Waals surface area contributed by atoms with E-state index in [1.54, 1.807) is 0 Å². The number of pyridine rings is 1. The van der Waals surface area contributed by atoms with E-state index in [0.29, 0.717) is 5.25 Å². The first-order chi connectivity index (χ1) is 10.0. The van der Waals surface area contributed by atoms with E-state index in [2.05, 4.69) is 23.1 Å². The maximum Gasteiger partial charge on any atom is 0.313 e. The molecule has 0 radical (unpaired) electrons. The number of hydrogen-bond donors (Lipinski definition) is 1. The van der Waals surface area contributed by atoms with Crippen molar-refractivity contribution in [3.63, 3.8) is 0 Å². The Bertz CT molecular complexity index is 642. The molecule has 2 rings (SSSR count). The van der Waals surface area contributed by atoms with Crippen LogP contribution >= 0.6 is 23.5 Å². The SMILES string of the molecule is CSC(C)CCn1c(SCC(=O)O)nc2ccc(C)nc21. The predicted octanol–water partition coefficient (Wildman–Crippen LogP) is 3.06. The Labute approximate surface area is 132 Å². The van der Waals surface area contributed by atoms with Crippen molar-refractivity contribution in [3.8, 4) is 0 Å². The summed E-state index contributed by atoms with van der Waals surface area (Å²) in [6, 6.07) is 3.87. The molecule has 2 aromatic rings. The fraction of sp³-hybridized carbons (Fsp3) is 0.500. The summed E-state index contributed by atoms with van der Waals surface area (Å²) in [5.41, 5.74) is 2.61. The topological polar surface area (TPSA) is 68.0 Å². The molecule has 7 heteroatoms. The fourth-order valence-electron chi connectivity index (χ4n) is 1.94. The van der Waals surface area contributed by atoms with Gasteiger partial charge in [-0.15, -0.1) is 0 Å². The van der Waals surface area contributed by atoms with Crippen LogP contribution in [0.25, 0.3) is 11.2 Å². The van der Waals surface area contributed by atoms with Crippen molar-refractivity contribution in [1.82, 2.24) is 14.5 Å². The zero-order valence-electron chi connectivity index (χ0n) is 12.4. The highest BCUT2D eigenvalue weighted by atomic mass is 32.2. The fourth-order valence-corrected chi connectivity index (χ4v) is 3.03. The zero-order valence-corrected chi connectivity index (χ0v) is 14.0. The molecule has 0 amide bonds. The van der Waals surface area contributed by atoms with Gasteiger partial charge in [0.2, 0.25) is 0 Å². The van der Waals surface area contributed by atoms with E-state index in [0.717, 1.165) is 35.0 Å². The Morgan fingerprint density at radius 3 is 2.86 bits per heavy atom. The van der Waals surface area contributed by atoms with E-state index in [-0.39, 0.29) is 5.75 Å². The highest BCUT2D eigenvalue weighted by molar-refractivity contribution is 7.99. The molecule has 0 fully saturated rings. The number of aromatic nitrogens is 3. The summed E-state index contributed by atoms with van der Waals surface area (Å²) in [5, 5.41) is 10.1. The van der Waals surface area contributed by atoms with E-state index >= 15 is 0 Å². The van der Waals surface area contributed by atoms with Crippen LogP contribution in [0.5, 0.6) is 0 Å². The first-order valence-corrected chi connectivity index (χ1v) is 9.00. The average Bonchev–Trinajstić information content (AvgIpc) is 2.79. The number of hydrogen-bond acceptors (Lipinski definition) is 5. The van der Waals surface area contributed by atoms with Crippen LogP contribution in [0.4, 0.5) is 0 Å². The maximum atomic E-state index is 10.8. The van der Waals surface area contributed by atoms with Crippen LogP contribution in [0.3, 0.4) is 0 Å². The summed E-state index contributed by atoms with van der Waals surface area (Å²) < 4.78 is 2.04. The van der Waals surface area contributed by atoms with Crippen molar-refractivity contribution in [2.24, 2.45) is 0 Å². The molecule has 0 saturated carbocycles. The van der Waals surface area contributed by atoms with Crippen molar-refractivity contribution in [2.75, 3.05) is 12.0 Å². The molecule has 1 atom stereocenters. The number of nitrogens with zero attached hydrogens (tertiary/aromatic N) is 3. The van der Waals surface area contributed by atoms with Gasteiger partial charge >= 0.3 is 5.97 Å². The summed E-state index contributed by atoms with van der Waals surface area (Å²) in [5.74, 6) is -0.819. The first kappa shape index (κ1) is 16.2. The van der Waals surface area contributed by atoms with Gasteiger partial charge in [-0.3, -0.25) is 4.79 Å². The molecule has 0 aliphatic carbocycles. The molecule has 1 N–H and O–H groups in total. The Morgan fingerprint density at radius 1 is 1.43 bits per heavy atom. The van der Waals surface area contributed by atoms with Gasteiger partial charge in [0, 0.05) is 17.5 Å². The summed E-state index contributed by atoms with van der Waals surface area (Å²) in [6.45, 7) is 4.94. The molecule has 0 aliphatic rings. The zero-order chi connectivity index (χ0) is 15.4. The van der Waals surface area contributed by atoms with E-state index in [1.807, 2.05) is 35.4 Å². The van der Waals surface area contributed by atoms with Gasteiger partial charge in [0.05, 0.1) is 5.75 Å². The molecule has 0 saturated heterocycles. The lowest BCUT2D eigenvalue weighted by Gasteiger charge is -2.11. The third kappa shape index (κ3) is 4.14. The van der Waals surface area contributed by atoms with E-state index < -0.39 is 5.97 Å². The number of rotatable bonds is 7. The van der Waals surface area contributed by atoms with Crippen molar-refractivity contribution in [1.29, 1.82) is 0 Å². The molecule has 21 heavy (non-hydrogen) atoms. The number of imidazole rings is 1. The minimum Gasteiger partial charge on any atom is -0.481 e. The van der Waals surface area contributed by atoms with Crippen molar-refractivity contribution < 1.29 is 9.90 Å². The highest BCUT2D eigenvalue weighted by Crippen LogP contribution is 2.24. The Morgan fingerprint density at radius 2 is 2.19 bits per heavy atom. The molecule has 0 aromatic carbocycles. The molecule has 114 valence electrons. The number of aryl methyl sites for hydroxylation is 2. The predicted molar refractivity (Wildman–Crippen MR) is 88.2 cm³/mol. The summed E-state index contributed by atoms with van der Waals surface area (Å²) in [6.07, 6.45) is 3.10. The van der Waals surface area contributed by atoms with Crippen LogP contribution in [0.15, 0.2) is 17.3 Å². The van der Waals surface area contributed by atoms with Crippen LogP contribution in [-0.2, 0) is 11.3 Å². The summed E-state index contributed by atoms with van der Waals surface area (Å²) >= 11 is 3.08. The highest BCUT2D eigenvalue weighted by Gasteiger charge is 2.14.